The molecule has 0 unspecified atom stereocenters. The quantitative estimate of drug-likeness (QED) is 0.162. The van der Waals surface area contributed by atoms with Crippen molar-refractivity contribution in [1.29, 1.82) is 0 Å². The Kier molecular flexibility index (Phi) is 9.21. The molecule has 0 aliphatic carbocycles. The molecule has 1 radical (unpaired) electrons. The summed E-state index contributed by atoms with van der Waals surface area (Å²) in [6.45, 7) is 0. The zero-order valence-corrected chi connectivity index (χ0v) is 28.9. The predicted molar refractivity (Wildman–Crippen MR) is 194 cm³/mol. The van der Waals surface area contributed by atoms with Crippen molar-refractivity contribution >= 4 is 32.5 Å². The van der Waals surface area contributed by atoms with Gasteiger partial charge in [-0.15, -0.1) is 41.3 Å². The molecule has 0 saturated carbocycles. The summed E-state index contributed by atoms with van der Waals surface area (Å²) in [6.07, 6.45) is 5.93. The Bertz CT molecular complexity index is 2340. The Balaban J connectivity index is 0.000000237. The van der Waals surface area contributed by atoms with Gasteiger partial charge in [-0.05, 0) is 65.4 Å². The van der Waals surface area contributed by atoms with Crippen LogP contribution in [0.1, 0.15) is 0 Å². The van der Waals surface area contributed by atoms with Gasteiger partial charge in [0.15, 0.2) is 0 Å². The smallest absolute Gasteiger partial charge is 0.0774 e. The van der Waals surface area contributed by atoms with Crippen LogP contribution in [0.3, 0.4) is 0 Å². The molecule has 4 nitrogen and oxygen atoms in total. The number of imidazole rings is 1. The minimum absolute atomic E-state index is 0. The van der Waals surface area contributed by atoms with E-state index in [4.69, 9.17) is 4.98 Å². The molecule has 9 aromatic rings. The van der Waals surface area contributed by atoms with Gasteiger partial charge in [-0.3, -0.25) is 16.3 Å². The maximum absolute atomic E-state index is 5.09. The van der Waals surface area contributed by atoms with Gasteiger partial charge >= 0.3 is 0 Å². The average molecular weight is 813 g/mol. The van der Waals surface area contributed by atoms with E-state index in [-0.39, 0.29) is 20.1 Å². The summed E-state index contributed by atoms with van der Waals surface area (Å²) in [5.74, 6) is 0.912. The van der Waals surface area contributed by atoms with Crippen LogP contribution in [0.25, 0.3) is 66.3 Å². The Morgan fingerprint density at radius 1 is 0.625 bits per heavy atom. The maximum Gasteiger partial charge on any atom is 0.0774 e. The largest absolute Gasteiger partial charge is 0.333 e. The van der Waals surface area contributed by atoms with Gasteiger partial charge in [0.1, 0.15) is 0 Å². The first-order valence-electron chi connectivity index (χ1n) is 15.4. The second-order valence-electron chi connectivity index (χ2n) is 11.0. The van der Waals surface area contributed by atoms with Crippen molar-refractivity contribution in [3.8, 4) is 45.1 Å². The van der Waals surface area contributed by atoms with E-state index in [1.807, 2.05) is 66.7 Å². The predicted octanol–water partition coefficient (Wildman–Crippen LogP) is 10.7. The van der Waals surface area contributed by atoms with Gasteiger partial charge in [0.2, 0.25) is 0 Å². The number of rotatable bonds is 5. The summed E-state index contributed by atoms with van der Waals surface area (Å²) in [5.41, 5.74) is 9.73. The third-order valence-electron chi connectivity index (χ3n) is 8.07. The van der Waals surface area contributed by atoms with Crippen molar-refractivity contribution < 1.29 is 20.1 Å². The monoisotopic (exact) mass is 813 g/mol. The van der Waals surface area contributed by atoms with E-state index in [0.29, 0.717) is 0 Å². The molecule has 0 aliphatic rings. The molecule has 4 aromatic heterocycles. The van der Waals surface area contributed by atoms with Crippen LogP contribution in [-0.4, -0.2) is 19.1 Å². The molecule has 0 saturated heterocycles. The molecule has 0 aliphatic heterocycles. The summed E-state index contributed by atoms with van der Waals surface area (Å²) >= 11 is 1.64. The molecule has 0 bridgehead atoms. The summed E-state index contributed by atoms with van der Waals surface area (Å²) < 4.78 is 5.59. The standard InChI is InChI=1S/C31H20N3S.C11H8N.Ir/c1-2-8-22(9-3-1)23-12-14-24(15-13-23)34-29-11-5-4-10-28(29)32-31(34)27-21-35-30-17-16-25(20-26(27)30)33-18-6-7-19-33;1-2-6-10(7-3-1)11-8-4-5-9-12-11;/h1-20H;1-6,8-9H;/q2*-1;. The van der Waals surface area contributed by atoms with Crippen LogP contribution in [-0.2, 0) is 20.1 Å². The fourth-order valence-electron chi connectivity index (χ4n) is 5.76. The Labute approximate surface area is 297 Å². The zero-order valence-electron chi connectivity index (χ0n) is 25.7. The summed E-state index contributed by atoms with van der Waals surface area (Å²) in [7, 11) is 0. The first-order chi connectivity index (χ1) is 23.3. The van der Waals surface area contributed by atoms with Crippen molar-refractivity contribution in [3.05, 3.63) is 182 Å². The molecular formula is C42H28IrN4S-2. The third kappa shape index (κ3) is 6.29. The Morgan fingerprint density at radius 3 is 2.12 bits per heavy atom. The molecule has 6 heteroatoms. The third-order valence-corrected chi connectivity index (χ3v) is 8.95. The number of aromatic nitrogens is 4. The van der Waals surface area contributed by atoms with Crippen LogP contribution >= 0.6 is 11.3 Å². The van der Waals surface area contributed by atoms with Gasteiger partial charge in [-0.2, -0.15) is 0 Å². The molecule has 0 spiro atoms. The van der Waals surface area contributed by atoms with Crippen LogP contribution in [0, 0.1) is 11.4 Å². The van der Waals surface area contributed by atoms with Crippen LogP contribution in [0.2, 0.25) is 0 Å². The van der Waals surface area contributed by atoms with E-state index in [1.54, 1.807) is 17.5 Å². The number of thiophene rings is 1. The molecule has 9 rings (SSSR count). The molecule has 0 N–H and O–H groups in total. The Morgan fingerprint density at radius 2 is 1.35 bits per heavy atom. The topological polar surface area (TPSA) is 35.6 Å². The molecule has 4 heterocycles. The molecular weight excluding hydrogens is 785 g/mol. The molecule has 0 atom stereocenters. The van der Waals surface area contributed by atoms with E-state index in [1.165, 1.54) is 21.2 Å². The fraction of sp³-hybridized carbons (Fsp3) is 0. The molecule has 5 aromatic carbocycles. The fourth-order valence-corrected chi connectivity index (χ4v) is 6.58. The van der Waals surface area contributed by atoms with Crippen molar-refractivity contribution in [2.75, 3.05) is 0 Å². The van der Waals surface area contributed by atoms with E-state index in [0.717, 1.165) is 45.1 Å². The Hall–Kier alpha value is -5.39. The van der Waals surface area contributed by atoms with E-state index < -0.39 is 0 Å². The van der Waals surface area contributed by atoms with Crippen molar-refractivity contribution in [3.63, 3.8) is 0 Å². The van der Waals surface area contributed by atoms with Gasteiger partial charge < -0.3 is 14.1 Å². The van der Waals surface area contributed by atoms with Crippen molar-refractivity contribution in [2.24, 2.45) is 0 Å². The van der Waals surface area contributed by atoms with Crippen molar-refractivity contribution in [1.82, 2.24) is 19.1 Å². The van der Waals surface area contributed by atoms with Crippen LogP contribution < -0.4 is 0 Å². The SMILES string of the molecule is [Ir].[c-]1ccccc1-c1ccccn1.[c-]1sc2ccc(-n3cccc3)cc2c1-c1nc2ccccc2n1-c1ccc(-c2ccccc2)cc1. The summed E-state index contributed by atoms with van der Waals surface area (Å²) in [6, 6.07) is 55.0. The van der Waals surface area contributed by atoms with Gasteiger partial charge in [0.05, 0.1) is 16.9 Å². The summed E-state index contributed by atoms with van der Waals surface area (Å²) in [5, 5.41) is 4.73. The molecule has 233 valence electrons. The molecule has 0 fully saturated rings. The van der Waals surface area contributed by atoms with E-state index in [9.17, 15) is 0 Å². The normalized spacial score (nSPS) is 10.8. The first-order valence-corrected chi connectivity index (χ1v) is 16.2. The van der Waals surface area contributed by atoms with Crippen molar-refractivity contribution in [2.45, 2.75) is 0 Å². The number of fused-ring (bicyclic) bond motifs is 2. The number of nitrogens with zero attached hydrogens (tertiary/aromatic N) is 4. The second kappa shape index (κ2) is 14.2. The van der Waals surface area contributed by atoms with E-state index >= 15 is 0 Å². The van der Waals surface area contributed by atoms with Gasteiger partial charge in [0, 0.05) is 50.1 Å². The number of hydrogen-bond acceptors (Lipinski definition) is 3. The van der Waals surface area contributed by atoms with Crippen LogP contribution in [0.15, 0.2) is 170 Å². The number of pyridine rings is 1. The van der Waals surface area contributed by atoms with Gasteiger partial charge in [0.25, 0.3) is 0 Å². The molecule has 0 amide bonds. The maximum atomic E-state index is 5.09. The summed E-state index contributed by atoms with van der Waals surface area (Å²) in [4.78, 5) is 9.30. The second-order valence-corrected chi connectivity index (χ2v) is 11.9. The van der Waals surface area contributed by atoms with E-state index in [2.05, 4.69) is 123 Å². The van der Waals surface area contributed by atoms with Crippen LogP contribution in [0.5, 0.6) is 0 Å². The van der Waals surface area contributed by atoms with Gasteiger partial charge in [-0.1, -0.05) is 94.5 Å². The average Bonchev–Trinajstić information content (AvgIpc) is 3.92. The zero-order chi connectivity index (χ0) is 31.4. The minimum Gasteiger partial charge on any atom is -0.333 e. The minimum atomic E-state index is 0. The first kappa shape index (κ1) is 31.2. The van der Waals surface area contributed by atoms with Gasteiger partial charge in [-0.25, -0.2) is 0 Å². The number of benzene rings is 5. The number of hydrogen-bond donors (Lipinski definition) is 0. The van der Waals surface area contributed by atoms with Crippen LogP contribution in [0.4, 0.5) is 0 Å². The number of para-hydroxylation sites is 2. The molecule has 48 heavy (non-hydrogen) atoms.